The Kier molecular flexibility index (Phi) is 6.61. The number of hydrogen-bond acceptors (Lipinski definition) is 3. The predicted molar refractivity (Wildman–Crippen MR) is 89.5 cm³/mol. The fraction of sp³-hybridized carbons (Fsp3) is 0.556. The van der Waals surface area contributed by atoms with Crippen molar-refractivity contribution < 1.29 is 19.4 Å². The van der Waals surface area contributed by atoms with Crippen LogP contribution >= 0.6 is 0 Å². The number of carbonyl (C=O) groups excluding carboxylic acids is 1. The van der Waals surface area contributed by atoms with E-state index in [2.05, 4.69) is 5.32 Å². The van der Waals surface area contributed by atoms with E-state index in [4.69, 9.17) is 4.74 Å². The van der Waals surface area contributed by atoms with Crippen LogP contribution in [0.25, 0.3) is 0 Å². The van der Waals surface area contributed by atoms with Crippen molar-refractivity contribution in [3.8, 4) is 5.75 Å². The average Bonchev–Trinajstić information content (AvgIpc) is 2.49. The minimum absolute atomic E-state index is 0.104. The Labute approximate surface area is 138 Å². The van der Waals surface area contributed by atoms with E-state index >= 15 is 0 Å². The first-order valence-electron chi connectivity index (χ1n) is 7.79. The summed E-state index contributed by atoms with van der Waals surface area (Å²) in [5.74, 6) is -1.28. The smallest absolute Gasteiger partial charge is 0.308 e. The van der Waals surface area contributed by atoms with Crippen molar-refractivity contribution in [3.63, 3.8) is 0 Å². The van der Waals surface area contributed by atoms with Crippen LogP contribution in [0.2, 0.25) is 0 Å². The maximum atomic E-state index is 12.2. The first-order chi connectivity index (χ1) is 10.7. The quantitative estimate of drug-likeness (QED) is 0.809. The van der Waals surface area contributed by atoms with Crippen LogP contribution in [0.15, 0.2) is 24.3 Å². The first-order valence-corrected chi connectivity index (χ1v) is 7.79. The topological polar surface area (TPSA) is 75.6 Å². The second-order valence-corrected chi connectivity index (χ2v) is 6.88. The van der Waals surface area contributed by atoms with Gasteiger partial charge in [-0.05, 0) is 23.5 Å². The van der Waals surface area contributed by atoms with Crippen molar-refractivity contribution >= 4 is 11.9 Å². The molecular weight excluding hydrogens is 294 g/mol. The summed E-state index contributed by atoms with van der Waals surface area (Å²) in [4.78, 5) is 23.7. The molecule has 0 heterocycles. The summed E-state index contributed by atoms with van der Waals surface area (Å²) in [6.07, 6.45) is 0.309. The number of benzene rings is 1. The number of rotatable bonds is 7. The number of carboxylic acids is 1. The molecule has 2 N–H and O–H groups in total. The van der Waals surface area contributed by atoms with E-state index in [9.17, 15) is 14.7 Å². The molecule has 0 aromatic heterocycles. The summed E-state index contributed by atoms with van der Waals surface area (Å²) in [7, 11) is 1.56. The Balaban J connectivity index is 2.73. The molecule has 0 fully saturated rings. The number of carbonyl (C=O) groups is 2. The van der Waals surface area contributed by atoms with E-state index in [1.54, 1.807) is 13.2 Å². The fourth-order valence-electron chi connectivity index (χ4n) is 2.15. The van der Waals surface area contributed by atoms with Crippen molar-refractivity contribution in [2.45, 2.75) is 34.1 Å². The normalized spacial score (nSPS) is 14.0. The van der Waals surface area contributed by atoms with Crippen LogP contribution in [-0.2, 0) is 16.0 Å². The number of carboxylic acid groups (broad SMARTS) is 1. The highest BCUT2D eigenvalue weighted by Crippen LogP contribution is 2.25. The van der Waals surface area contributed by atoms with Crippen LogP contribution in [0.4, 0.5) is 0 Å². The Morgan fingerprint density at radius 1 is 1.26 bits per heavy atom. The molecule has 5 heteroatoms. The van der Waals surface area contributed by atoms with E-state index < -0.39 is 11.9 Å². The largest absolute Gasteiger partial charge is 0.496 e. The van der Waals surface area contributed by atoms with E-state index in [0.29, 0.717) is 12.2 Å². The number of amides is 1. The van der Waals surface area contributed by atoms with Crippen molar-refractivity contribution in [2.24, 2.45) is 17.3 Å². The highest BCUT2D eigenvalue weighted by atomic mass is 16.5. The third-order valence-electron chi connectivity index (χ3n) is 4.22. The number of nitrogens with one attached hydrogen (secondary N) is 1. The lowest BCUT2D eigenvalue weighted by atomic mass is 9.81. The van der Waals surface area contributed by atoms with E-state index in [1.807, 2.05) is 45.9 Å². The summed E-state index contributed by atoms with van der Waals surface area (Å²) in [6.45, 7) is 7.92. The fourth-order valence-corrected chi connectivity index (χ4v) is 2.15. The summed E-state index contributed by atoms with van der Waals surface area (Å²) < 4.78 is 5.25. The van der Waals surface area contributed by atoms with Crippen LogP contribution in [0.1, 0.15) is 33.3 Å². The molecule has 23 heavy (non-hydrogen) atoms. The molecular formula is C18H27NO4. The zero-order valence-electron chi connectivity index (χ0n) is 14.6. The lowest BCUT2D eigenvalue weighted by molar-refractivity contribution is -0.141. The molecule has 2 unspecified atom stereocenters. The molecule has 5 nitrogen and oxygen atoms in total. The monoisotopic (exact) mass is 321 g/mol. The van der Waals surface area contributed by atoms with Crippen LogP contribution < -0.4 is 10.1 Å². The molecule has 0 spiro atoms. The molecule has 0 aliphatic carbocycles. The number of para-hydroxylation sites is 1. The van der Waals surface area contributed by atoms with Crippen molar-refractivity contribution in [3.05, 3.63) is 29.8 Å². The molecule has 128 valence electrons. The predicted octanol–water partition coefficient (Wildman–Crippen LogP) is 2.74. The molecule has 0 aliphatic heterocycles. The summed E-state index contributed by atoms with van der Waals surface area (Å²) >= 11 is 0. The molecule has 0 saturated carbocycles. The zero-order chi connectivity index (χ0) is 17.6. The Morgan fingerprint density at radius 3 is 2.39 bits per heavy atom. The highest BCUT2D eigenvalue weighted by molar-refractivity contribution is 5.80. The maximum Gasteiger partial charge on any atom is 0.308 e. The summed E-state index contributed by atoms with van der Waals surface area (Å²) in [5.41, 5.74) is 0.659. The SMILES string of the molecule is COc1ccccc1CC(CNC(=O)C(C)C(C)(C)C)C(=O)O. The standard InChI is InChI=1S/C18H27NO4/c1-12(18(2,3)4)16(20)19-11-14(17(21)22)10-13-8-6-7-9-15(13)23-5/h6-9,12,14H,10-11H2,1-5H3,(H,19,20)(H,21,22). The maximum absolute atomic E-state index is 12.2. The van der Waals surface area contributed by atoms with Gasteiger partial charge in [0.2, 0.25) is 5.91 Å². The van der Waals surface area contributed by atoms with Gasteiger partial charge in [-0.25, -0.2) is 0 Å². The lowest BCUT2D eigenvalue weighted by Crippen LogP contribution is -2.40. The molecule has 0 aliphatic rings. The number of methoxy groups -OCH3 is 1. The van der Waals surface area contributed by atoms with Gasteiger partial charge in [-0.15, -0.1) is 0 Å². The van der Waals surface area contributed by atoms with Gasteiger partial charge in [0.1, 0.15) is 5.75 Å². The van der Waals surface area contributed by atoms with Crippen molar-refractivity contribution in [1.29, 1.82) is 0 Å². The minimum atomic E-state index is -0.931. The second-order valence-electron chi connectivity index (χ2n) is 6.88. The van der Waals surface area contributed by atoms with Gasteiger partial charge in [0.25, 0.3) is 0 Å². The Hall–Kier alpha value is -2.04. The van der Waals surface area contributed by atoms with Crippen molar-refractivity contribution in [2.75, 3.05) is 13.7 Å². The first kappa shape index (κ1) is 19.0. The number of hydrogen-bond donors (Lipinski definition) is 2. The van der Waals surface area contributed by atoms with E-state index in [0.717, 1.165) is 5.56 Å². The second kappa shape index (κ2) is 7.99. The summed E-state index contributed by atoms with van der Waals surface area (Å²) in [5, 5.41) is 12.2. The molecule has 1 amide bonds. The van der Waals surface area contributed by atoms with Gasteiger partial charge in [0.05, 0.1) is 13.0 Å². The van der Waals surface area contributed by atoms with Gasteiger partial charge >= 0.3 is 5.97 Å². The Morgan fingerprint density at radius 2 is 1.87 bits per heavy atom. The highest BCUT2D eigenvalue weighted by Gasteiger charge is 2.28. The molecule has 0 radical (unpaired) electrons. The van der Waals surface area contributed by atoms with E-state index in [-0.39, 0.29) is 23.8 Å². The van der Waals surface area contributed by atoms with Gasteiger partial charge < -0.3 is 15.2 Å². The van der Waals surface area contributed by atoms with Crippen LogP contribution in [0.3, 0.4) is 0 Å². The molecule has 2 atom stereocenters. The van der Waals surface area contributed by atoms with Crippen LogP contribution in [-0.4, -0.2) is 30.6 Å². The van der Waals surface area contributed by atoms with Gasteiger partial charge in [-0.2, -0.15) is 0 Å². The van der Waals surface area contributed by atoms with E-state index in [1.165, 1.54) is 0 Å². The molecule has 1 aromatic rings. The summed E-state index contributed by atoms with van der Waals surface area (Å²) in [6, 6.07) is 7.32. The Bertz CT molecular complexity index is 548. The lowest BCUT2D eigenvalue weighted by Gasteiger charge is -2.26. The van der Waals surface area contributed by atoms with Gasteiger partial charge in [-0.1, -0.05) is 45.9 Å². The average molecular weight is 321 g/mol. The van der Waals surface area contributed by atoms with Gasteiger partial charge in [0.15, 0.2) is 0 Å². The van der Waals surface area contributed by atoms with Crippen LogP contribution in [0.5, 0.6) is 5.75 Å². The number of ether oxygens (including phenoxy) is 1. The minimum Gasteiger partial charge on any atom is -0.496 e. The molecule has 0 bridgehead atoms. The van der Waals surface area contributed by atoms with Gasteiger partial charge in [-0.3, -0.25) is 9.59 Å². The third-order valence-corrected chi connectivity index (χ3v) is 4.22. The third kappa shape index (κ3) is 5.58. The molecule has 0 saturated heterocycles. The molecule has 1 rings (SSSR count). The number of aliphatic carboxylic acids is 1. The molecule has 1 aromatic carbocycles. The zero-order valence-corrected chi connectivity index (χ0v) is 14.6. The van der Waals surface area contributed by atoms with Crippen molar-refractivity contribution in [1.82, 2.24) is 5.32 Å². The van der Waals surface area contributed by atoms with Gasteiger partial charge in [0, 0.05) is 12.5 Å². The van der Waals surface area contributed by atoms with Crippen LogP contribution in [0, 0.1) is 17.3 Å².